The Labute approximate surface area is 126 Å². The zero-order valence-electron chi connectivity index (χ0n) is 13.3. The van der Waals surface area contributed by atoms with E-state index in [4.69, 9.17) is 9.84 Å². The molecule has 1 N–H and O–H groups in total. The number of carbonyl (C=O) groups is 1. The lowest BCUT2D eigenvalue weighted by molar-refractivity contribution is -0.142. The number of ether oxygens (including phenoxy) is 1. The van der Waals surface area contributed by atoms with Gasteiger partial charge in [-0.3, -0.25) is 9.48 Å². The van der Waals surface area contributed by atoms with Crippen molar-refractivity contribution in [2.45, 2.75) is 71.4 Å². The molecule has 1 saturated carbocycles. The van der Waals surface area contributed by atoms with E-state index < -0.39 is 0 Å². The third kappa shape index (κ3) is 3.28. The molecule has 1 aliphatic carbocycles. The molecule has 21 heavy (non-hydrogen) atoms. The zero-order valence-corrected chi connectivity index (χ0v) is 13.3. The summed E-state index contributed by atoms with van der Waals surface area (Å²) < 4.78 is 7.05. The Morgan fingerprint density at radius 3 is 2.62 bits per heavy atom. The first-order valence-electron chi connectivity index (χ1n) is 8.05. The van der Waals surface area contributed by atoms with Crippen molar-refractivity contribution in [2.75, 3.05) is 6.61 Å². The first-order valence-corrected chi connectivity index (χ1v) is 8.05. The van der Waals surface area contributed by atoms with Crippen LogP contribution in [0, 0.1) is 0 Å². The van der Waals surface area contributed by atoms with Crippen molar-refractivity contribution in [3.8, 4) is 0 Å². The first kappa shape index (κ1) is 16.0. The number of carbonyl (C=O) groups excluding carboxylic acids is 1. The van der Waals surface area contributed by atoms with Crippen molar-refractivity contribution in [2.24, 2.45) is 0 Å². The molecule has 5 heteroatoms. The summed E-state index contributed by atoms with van der Waals surface area (Å²) in [5, 5.41) is 14.8. The van der Waals surface area contributed by atoms with Gasteiger partial charge in [-0.15, -0.1) is 0 Å². The fourth-order valence-electron chi connectivity index (χ4n) is 3.26. The minimum absolute atomic E-state index is 0.0567. The molecule has 1 aromatic rings. The minimum atomic E-state index is -0.324. The van der Waals surface area contributed by atoms with E-state index in [1.54, 1.807) is 0 Å². The van der Waals surface area contributed by atoms with Crippen LogP contribution in [0.4, 0.5) is 0 Å². The molecule has 2 unspecified atom stereocenters. The SMILES string of the molecule is CCOC(=O)Cc1c(CC)nn(C2CCCC2O)c1CC. The van der Waals surface area contributed by atoms with E-state index in [-0.39, 0.29) is 24.5 Å². The van der Waals surface area contributed by atoms with E-state index >= 15 is 0 Å². The van der Waals surface area contributed by atoms with Gasteiger partial charge in [0.25, 0.3) is 0 Å². The Balaban J connectivity index is 2.34. The lowest BCUT2D eigenvalue weighted by Gasteiger charge is -2.18. The molecule has 0 radical (unpaired) electrons. The number of aromatic nitrogens is 2. The summed E-state index contributed by atoms with van der Waals surface area (Å²) in [5.74, 6) is -0.201. The molecule has 2 atom stereocenters. The van der Waals surface area contributed by atoms with Gasteiger partial charge in [0.2, 0.25) is 0 Å². The van der Waals surface area contributed by atoms with Crippen molar-refractivity contribution in [3.05, 3.63) is 17.0 Å². The average Bonchev–Trinajstić information content (AvgIpc) is 3.02. The van der Waals surface area contributed by atoms with E-state index in [9.17, 15) is 9.90 Å². The summed E-state index contributed by atoms with van der Waals surface area (Å²) in [6.07, 6.45) is 4.38. The third-order valence-electron chi connectivity index (χ3n) is 4.26. The number of rotatable bonds is 6. The van der Waals surface area contributed by atoms with Crippen LogP contribution >= 0.6 is 0 Å². The van der Waals surface area contributed by atoms with Crippen LogP contribution in [-0.4, -0.2) is 33.6 Å². The molecule has 0 spiro atoms. The Kier molecular flexibility index (Phi) is 5.39. The topological polar surface area (TPSA) is 64.3 Å². The van der Waals surface area contributed by atoms with E-state index in [0.29, 0.717) is 6.61 Å². The van der Waals surface area contributed by atoms with Gasteiger partial charge in [-0.2, -0.15) is 5.10 Å². The summed E-state index contributed by atoms with van der Waals surface area (Å²) in [6.45, 7) is 6.34. The second-order valence-electron chi connectivity index (χ2n) is 5.57. The maximum atomic E-state index is 11.8. The molecule has 1 aliphatic rings. The van der Waals surface area contributed by atoms with Gasteiger partial charge in [-0.1, -0.05) is 13.8 Å². The predicted molar refractivity (Wildman–Crippen MR) is 80.2 cm³/mol. The summed E-state index contributed by atoms with van der Waals surface area (Å²) in [7, 11) is 0. The van der Waals surface area contributed by atoms with E-state index in [1.165, 1.54) is 0 Å². The largest absolute Gasteiger partial charge is 0.466 e. The molecule has 0 aromatic carbocycles. The number of aliphatic hydroxyl groups is 1. The van der Waals surface area contributed by atoms with Crippen molar-refractivity contribution >= 4 is 5.97 Å². The lowest BCUT2D eigenvalue weighted by Crippen LogP contribution is -2.21. The van der Waals surface area contributed by atoms with Gasteiger partial charge >= 0.3 is 5.97 Å². The molecule has 0 amide bonds. The molecule has 1 aromatic heterocycles. The number of hydrogen-bond acceptors (Lipinski definition) is 4. The number of aliphatic hydroxyl groups excluding tert-OH is 1. The maximum absolute atomic E-state index is 11.8. The Bertz CT molecular complexity index is 496. The molecule has 0 aliphatic heterocycles. The predicted octanol–water partition coefficient (Wildman–Crippen LogP) is 2.20. The van der Waals surface area contributed by atoms with Crippen LogP contribution in [0.25, 0.3) is 0 Å². The van der Waals surface area contributed by atoms with E-state index in [0.717, 1.165) is 49.1 Å². The van der Waals surface area contributed by atoms with Crippen molar-refractivity contribution in [1.82, 2.24) is 9.78 Å². The third-order valence-corrected chi connectivity index (χ3v) is 4.26. The highest BCUT2D eigenvalue weighted by Gasteiger charge is 2.31. The van der Waals surface area contributed by atoms with E-state index in [1.807, 2.05) is 18.5 Å². The highest BCUT2D eigenvalue weighted by Crippen LogP contribution is 2.32. The molecule has 1 fully saturated rings. The molecule has 118 valence electrons. The Morgan fingerprint density at radius 1 is 1.33 bits per heavy atom. The minimum Gasteiger partial charge on any atom is -0.466 e. The van der Waals surface area contributed by atoms with Crippen LogP contribution in [-0.2, 0) is 28.8 Å². The summed E-state index contributed by atoms with van der Waals surface area (Å²) in [6, 6.07) is 0.0567. The van der Waals surface area contributed by atoms with E-state index in [2.05, 4.69) is 6.92 Å². The highest BCUT2D eigenvalue weighted by atomic mass is 16.5. The van der Waals surface area contributed by atoms with Gasteiger partial charge in [0, 0.05) is 11.3 Å². The summed E-state index contributed by atoms with van der Waals surface area (Å²) in [5.41, 5.74) is 3.03. The average molecular weight is 294 g/mol. The van der Waals surface area contributed by atoms with Gasteiger partial charge in [0.15, 0.2) is 0 Å². The Morgan fingerprint density at radius 2 is 2.10 bits per heavy atom. The second kappa shape index (κ2) is 7.07. The van der Waals surface area contributed by atoms with Gasteiger partial charge < -0.3 is 9.84 Å². The molecular formula is C16H26N2O3. The van der Waals surface area contributed by atoms with Gasteiger partial charge in [0.05, 0.1) is 30.9 Å². The highest BCUT2D eigenvalue weighted by molar-refractivity contribution is 5.73. The molecule has 2 rings (SSSR count). The molecule has 0 bridgehead atoms. The molecule has 0 saturated heterocycles. The fourth-order valence-corrected chi connectivity index (χ4v) is 3.26. The summed E-state index contributed by atoms with van der Waals surface area (Å²) >= 11 is 0. The second-order valence-corrected chi connectivity index (χ2v) is 5.57. The summed E-state index contributed by atoms with van der Waals surface area (Å²) in [4.78, 5) is 11.8. The quantitative estimate of drug-likeness (QED) is 0.817. The monoisotopic (exact) mass is 294 g/mol. The van der Waals surface area contributed by atoms with Crippen molar-refractivity contribution in [3.63, 3.8) is 0 Å². The number of esters is 1. The number of aryl methyl sites for hydroxylation is 1. The molecular weight excluding hydrogens is 268 g/mol. The van der Waals surface area contributed by atoms with Gasteiger partial charge in [-0.05, 0) is 39.0 Å². The number of nitrogens with zero attached hydrogens (tertiary/aromatic N) is 2. The van der Waals surface area contributed by atoms with Crippen LogP contribution in [0.3, 0.4) is 0 Å². The maximum Gasteiger partial charge on any atom is 0.310 e. The fraction of sp³-hybridized carbons (Fsp3) is 0.750. The number of hydrogen-bond donors (Lipinski definition) is 1. The van der Waals surface area contributed by atoms with Crippen molar-refractivity contribution < 1.29 is 14.6 Å². The van der Waals surface area contributed by atoms with Gasteiger partial charge in [0.1, 0.15) is 0 Å². The normalized spacial score (nSPS) is 21.7. The lowest BCUT2D eigenvalue weighted by atomic mass is 10.1. The smallest absolute Gasteiger partial charge is 0.310 e. The first-order chi connectivity index (χ1) is 10.1. The molecule has 1 heterocycles. The standard InChI is InChI=1S/C16H26N2O3/c1-4-12-11(10-16(20)21-6-3)13(5-2)18(17-12)14-8-7-9-15(14)19/h14-15,19H,4-10H2,1-3H3. The van der Waals surface area contributed by atoms with Crippen molar-refractivity contribution in [1.29, 1.82) is 0 Å². The van der Waals surface area contributed by atoms with Crippen LogP contribution in [0.5, 0.6) is 0 Å². The van der Waals surface area contributed by atoms with Crippen LogP contribution in [0.2, 0.25) is 0 Å². The molecule has 5 nitrogen and oxygen atoms in total. The Hall–Kier alpha value is -1.36. The van der Waals surface area contributed by atoms with Crippen LogP contribution in [0.15, 0.2) is 0 Å². The van der Waals surface area contributed by atoms with Crippen LogP contribution in [0.1, 0.15) is 63.0 Å². The van der Waals surface area contributed by atoms with Crippen LogP contribution < -0.4 is 0 Å². The zero-order chi connectivity index (χ0) is 15.4. The van der Waals surface area contributed by atoms with Gasteiger partial charge in [-0.25, -0.2) is 0 Å².